The number of para-hydroxylation sites is 1. The summed E-state index contributed by atoms with van der Waals surface area (Å²) in [7, 11) is 4.04. The lowest BCUT2D eigenvalue weighted by atomic mass is 10.1. The third-order valence-corrected chi connectivity index (χ3v) is 8.25. The molecule has 1 aliphatic carbocycles. The first-order valence-electron chi connectivity index (χ1n) is 10.2. The molecule has 1 aromatic heterocycles. The lowest BCUT2D eigenvalue weighted by Gasteiger charge is -2.27. The number of likely N-dealkylation sites (N-methyl/N-ethyl adjacent to an activating group) is 2. The number of carbonyl (C=O) groups excluding carboxylic acids is 1. The molecule has 5 nitrogen and oxygen atoms in total. The third-order valence-electron chi connectivity index (χ3n) is 5.75. The van der Waals surface area contributed by atoms with Gasteiger partial charge in [0.1, 0.15) is 10.6 Å². The number of halogens is 1. The smallest absolute Gasteiger partial charge is 0.343 e. The first kappa shape index (κ1) is 20.5. The van der Waals surface area contributed by atoms with Crippen molar-refractivity contribution in [3.8, 4) is 0 Å². The lowest BCUT2D eigenvalue weighted by Crippen LogP contribution is -2.33. The summed E-state index contributed by atoms with van der Waals surface area (Å²) < 4.78 is 2.12. The molecule has 0 saturated carbocycles. The number of allylic oxidation sites excluding steroid dienone is 2. The first-order valence-corrected chi connectivity index (χ1v) is 12.2. The monoisotopic (exact) mass is 469 g/mol. The predicted octanol–water partition coefficient (Wildman–Crippen LogP) is 5.06. The Morgan fingerprint density at radius 1 is 1.23 bits per heavy atom. The molecule has 1 aromatic carbocycles. The van der Waals surface area contributed by atoms with Crippen LogP contribution in [0.4, 0.5) is 10.8 Å². The summed E-state index contributed by atoms with van der Waals surface area (Å²) >= 11 is 9.31. The van der Waals surface area contributed by atoms with E-state index in [0.717, 1.165) is 50.0 Å². The van der Waals surface area contributed by atoms with Gasteiger partial charge in [-0.1, -0.05) is 35.9 Å². The number of rotatable bonds is 2. The van der Waals surface area contributed by atoms with E-state index in [1.54, 1.807) is 16.2 Å². The highest BCUT2D eigenvalue weighted by atomic mass is 35.5. The van der Waals surface area contributed by atoms with Crippen LogP contribution < -0.4 is 9.47 Å². The number of aliphatic imine (C=N–C) groups is 1. The molecule has 1 amide bonds. The zero-order chi connectivity index (χ0) is 21.7. The molecule has 0 atom stereocenters. The predicted molar refractivity (Wildman–Crippen MR) is 131 cm³/mol. The number of aromatic nitrogens is 1. The van der Waals surface area contributed by atoms with Crippen molar-refractivity contribution in [2.45, 2.75) is 19.8 Å². The number of amidine groups is 1. The molecule has 1 saturated heterocycles. The number of hydrogen-bond donors (Lipinski definition) is 0. The van der Waals surface area contributed by atoms with Gasteiger partial charge in [-0.2, -0.15) is 0 Å². The normalized spacial score (nSPS) is 21.6. The number of thiazole rings is 1. The summed E-state index contributed by atoms with van der Waals surface area (Å²) in [4.78, 5) is 23.9. The number of nitrogens with zero attached hydrogens (tertiary/aromatic N) is 4. The fourth-order valence-corrected chi connectivity index (χ4v) is 6.64. The van der Waals surface area contributed by atoms with Crippen molar-refractivity contribution in [2.24, 2.45) is 12.0 Å². The van der Waals surface area contributed by atoms with Crippen LogP contribution in [0.1, 0.15) is 29.5 Å². The van der Waals surface area contributed by atoms with Gasteiger partial charge in [0.25, 0.3) is 11.1 Å². The number of carbonyl (C=O) groups is 1. The van der Waals surface area contributed by atoms with E-state index in [4.69, 9.17) is 16.6 Å². The Labute approximate surface area is 195 Å². The second-order valence-electron chi connectivity index (χ2n) is 7.56. The Morgan fingerprint density at radius 3 is 2.84 bits per heavy atom. The molecule has 0 bridgehead atoms. The zero-order valence-corrected chi connectivity index (χ0v) is 19.9. The van der Waals surface area contributed by atoms with Crippen LogP contribution in [0, 0.1) is 0 Å². The van der Waals surface area contributed by atoms with Crippen molar-refractivity contribution in [2.75, 3.05) is 18.5 Å². The summed E-state index contributed by atoms with van der Waals surface area (Å²) in [5, 5.41) is 2.49. The van der Waals surface area contributed by atoms with Gasteiger partial charge >= 0.3 is 5.13 Å². The SMILES string of the molecule is CCN1C(=O)/C(=C2\C=Cc3ccccc3N2C)S/C1=N\c1sc2c([n+]1C)CCC(Cl)=C2. The van der Waals surface area contributed by atoms with E-state index < -0.39 is 0 Å². The molecule has 1 fully saturated rings. The number of fused-ring (bicyclic) bond motifs is 2. The van der Waals surface area contributed by atoms with E-state index in [2.05, 4.69) is 27.7 Å². The van der Waals surface area contributed by atoms with E-state index in [0.29, 0.717) is 11.4 Å². The largest absolute Gasteiger partial charge is 0.385 e. The Morgan fingerprint density at radius 2 is 2.03 bits per heavy atom. The Kier molecular flexibility index (Phi) is 5.28. The van der Waals surface area contributed by atoms with Gasteiger partial charge in [0.05, 0.1) is 17.6 Å². The van der Waals surface area contributed by atoms with Crippen molar-refractivity contribution in [3.63, 3.8) is 0 Å². The van der Waals surface area contributed by atoms with Crippen LogP contribution in [-0.2, 0) is 18.3 Å². The maximum atomic E-state index is 13.3. The summed E-state index contributed by atoms with van der Waals surface area (Å²) in [6.45, 7) is 2.56. The quantitative estimate of drug-likeness (QED) is 0.456. The molecular weight excluding hydrogens is 448 g/mol. The van der Waals surface area contributed by atoms with Crippen LogP contribution in [0.25, 0.3) is 12.2 Å². The Hall–Kier alpha value is -2.35. The van der Waals surface area contributed by atoms with Gasteiger partial charge in [-0.15, -0.1) is 0 Å². The first-order chi connectivity index (χ1) is 15.0. The summed E-state index contributed by atoms with van der Waals surface area (Å²) in [6, 6.07) is 8.20. The van der Waals surface area contributed by atoms with Gasteiger partial charge in [-0.25, -0.2) is 4.57 Å². The Bertz CT molecular complexity index is 1220. The summed E-state index contributed by atoms with van der Waals surface area (Å²) in [5.74, 6) is 0.00374. The number of amides is 1. The molecule has 3 aliphatic rings. The minimum Gasteiger partial charge on any atom is -0.343 e. The van der Waals surface area contributed by atoms with E-state index in [1.807, 2.05) is 45.3 Å². The zero-order valence-electron chi connectivity index (χ0n) is 17.6. The van der Waals surface area contributed by atoms with Gasteiger partial charge in [-0.3, -0.25) is 9.69 Å². The highest BCUT2D eigenvalue weighted by molar-refractivity contribution is 8.18. The molecule has 0 radical (unpaired) electrons. The van der Waals surface area contributed by atoms with Crippen LogP contribution >= 0.6 is 34.7 Å². The topological polar surface area (TPSA) is 39.8 Å². The minimum absolute atomic E-state index is 0.00374. The van der Waals surface area contributed by atoms with Crippen LogP contribution in [0.15, 0.2) is 51.0 Å². The van der Waals surface area contributed by atoms with E-state index in [1.165, 1.54) is 17.5 Å². The highest BCUT2D eigenvalue weighted by Gasteiger charge is 2.40. The molecule has 0 unspecified atom stereocenters. The lowest BCUT2D eigenvalue weighted by molar-refractivity contribution is -0.661. The molecule has 2 aliphatic heterocycles. The molecule has 3 heterocycles. The molecule has 31 heavy (non-hydrogen) atoms. The van der Waals surface area contributed by atoms with Crippen LogP contribution in [-0.4, -0.2) is 29.6 Å². The van der Waals surface area contributed by atoms with E-state index in [-0.39, 0.29) is 5.91 Å². The molecule has 8 heteroatoms. The number of hydrogen-bond acceptors (Lipinski definition) is 5. The number of anilines is 1. The van der Waals surface area contributed by atoms with Crippen molar-refractivity contribution in [1.82, 2.24) is 4.90 Å². The summed E-state index contributed by atoms with van der Waals surface area (Å²) in [6.07, 6.45) is 7.90. The van der Waals surface area contributed by atoms with Crippen molar-refractivity contribution in [3.05, 3.63) is 62.1 Å². The van der Waals surface area contributed by atoms with Gasteiger partial charge < -0.3 is 4.90 Å². The van der Waals surface area contributed by atoms with Gasteiger partial charge in [0.2, 0.25) is 0 Å². The highest BCUT2D eigenvalue weighted by Crippen LogP contribution is 2.40. The van der Waals surface area contributed by atoms with Crippen LogP contribution in [0.2, 0.25) is 0 Å². The second-order valence-corrected chi connectivity index (χ2v) is 10.0. The third kappa shape index (κ3) is 3.45. The Balaban J connectivity index is 1.55. The molecular formula is C23H22ClN4OS2+. The molecule has 158 valence electrons. The average molecular weight is 470 g/mol. The number of thioether (sulfide) groups is 1. The van der Waals surface area contributed by atoms with Gasteiger partial charge in [0.15, 0.2) is 0 Å². The van der Waals surface area contributed by atoms with Crippen LogP contribution in [0.5, 0.6) is 0 Å². The molecule has 5 rings (SSSR count). The van der Waals surface area contributed by atoms with Crippen LogP contribution in [0.3, 0.4) is 0 Å². The summed E-state index contributed by atoms with van der Waals surface area (Å²) in [5.41, 5.74) is 4.39. The van der Waals surface area contributed by atoms with Crippen molar-refractivity contribution >= 4 is 68.7 Å². The van der Waals surface area contributed by atoms with E-state index >= 15 is 0 Å². The van der Waals surface area contributed by atoms with Gasteiger partial charge in [0, 0.05) is 30.7 Å². The van der Waals surface area contributed by atoms with Crippen molar-refractivity contribution in [1.29, 1.82) is 0 Å². The van der Waals surface area contributed by atoms with Gasteiger partial charge in [-0.05, 0) is 65.2 Å². The molecule has 0 N–H and O–H groups in total. The fourth-order valence-electron chi connectivity index (χ4n) is 4.04. The van der Waals surface area contributed by atoms with E-state index in [9.17, 15) is 4.79 Å². The second kappa shape index (κ2) is 7.97. The number of benzene rings is 1. The van der Waals surface area contributed by atoms with Crippen molar-refractivity contribution < 1.29 is 9.36 Å². The maximum Gasteiger partial charge on any atom is 0.385 e. The fraction of sp³-hybridized carbons (Fsp3) is 0.261. The maximum absolute atomic E-state index is 13.3. The minimum atomic E-state index is 0.00374. The average Bonchev–Trinajstić information content (AvgIpc) is 3.24. The molecule has 2 aromatic rings. The molecule has 0 spiro atoms. The standard InChI is InChI=1S/C23H22ClN4OS2/c1-4-28-21(29)20(18-11-9-14-7-5-6-8-16(14)26(18)2)31-23(28)25-22-27(3)17-12-10-15(24)13-19(17)30-22/h5-9,11,13H,4,10,12H2,1-3H3/q+1/b20-18-.